The minimum absolute atomic E-state index is 0.0322. The summed E-state index contributed by atoms with van der Waals surface area (Å²) < 4.78 is 5.69. The Morgan fingerprint density at radius 1 is 1.22 bits per heavy atom. The van der Waals surface area contributed by atoms with Crippen LogP contribution in [-0.2, 0) is 6.42 Å². The number of aryl methyl sites for hydroxylation is 1. The summed E-state index contributed by atoms with van der Waals surface area (Å²) in [4.78, 5) is 12.6. The minimum Gasteiger partial charge on any atom is -0.490 e. The Morgan fingerprint density at radius 3 is 2.74 bits per heavy atom. The van der Waals surface area contributed by atoms with E-state index in [9.17, 15) is 9.90 Å². The quantitative estimate of drug-likeness (QED) is 0.422. The zero-order valence-electron chi connectivity index (χ0n) is 15.4. The number of carbonyl (C=O) groups excluding carboxylic acids is 1. The van der Waals surface area contributed by atoms with Crippen LogP contribution in [0, 0.1) is 0 Å². The summed E-state index contributed by atoms with van der Waals surface area (Å²) >= 11 is 12.1. The van der Waals surface area contributed by atoms with E-state index in [4.69, 9.17) is 27.9 Å². The predicted octanol–water partition coefficient (Wildman–Crippen LogP) is 4.55. The van der Waals surface area contributed by atoms with Gasteiger partial charge >= 0.3 is 0 Å². The van der Waals surface area contributed by atoms with Gasteiger partial charge in [0.2, 0.25) is 0 Å². The zero-order valence-corrected chi connectivity index (χ0v) is 16.9. The van der Waals surface area contributed by atoms with Gasteiger partial charge in [0.25, 0.3) is 0 Å². The van der Waals surface area contributed by atoms with Crippen molar-refractivity contribution in [2.24, 2.45) is 0 Å². The Labute approximate surface area is 170 Å². The van der Waals surface area contributed by atoms with Gasteiger partial charge in [0.15, 0.2) is 5.78 Å². The van der Waals surface area contributed by atoms with E-state index in [2.05, 4.69) is 12.2 Å². The number of aliphatic hydroxyl groups excluding tert-OH is 1. The van der Waals surface area contributed by atoms with Crippen LogP contribution in [0.1, 0.15) is 35.7 Å². The fourth-order valence-electron chi connectivity index (χ4n) is 2.62. The molecule has 0 saturated heterocycles. The maximum Gasteiger partial charge on any atom is 0.166 e. The molecule has 2 N–H and O–H groups in total. The third-order valence-corrected chi connectivity index (χ3v) is 4.65. The Balaban J connectivity index is 1.94. The molecule has 2 aromatic carbocycles. The molecule has 27 heavy (non-hydrogen) atoms. The van der Waals surface area contributed by atoms with Gasteiger partial charge in [0.1, 0.15) is 18.5 Å². The highest BCUT2D eigenvalue weighted by Gasteiger charge is 2.14. The van der Waals surface area contributed by atoms with Crippen LogP contribution in [0.25, 0.3) is 0 Å². The number of nitrogens with one attached hydrogen (secondary N) is 1. The van der Waals surface area contributed by atoms with Gasteiger partial charge in [-0.25, -0.2) is 0 Å². The van der Waals surface area contributed by atoms with Crippen LogP contribution in [-0.4, -0.2) is 36.7 Å². The molecule has 0 fully saturated rings. The Bertz CT molecular complexity index is 752. The maximum absolute atomic E-state index is 12.6. The van der Waals surface area contributed by atoms with Crippen LogP contribution in [0.2, 0.25) is 10.0 Å². The van der Waals surface area contributed by atoms with Gasteiger partial charge in [-0.15, -0.1) is 0 Å². The van der Waals surface area contributed by atoms with Crippen LogP contribution in [0.3, 0.4) is 0 Å². The van der Waals surface area contributed by atoms with Crippen molar-refractivity contribution in [3.63, 3.8) is 0 Å². The third kappa shape index (κ3) is 7.15. The largest absolute Gasteiger partial charge is 0.490 e. The molecule has 1 unspecified atom stereocenters. The first kappa shape index (κ1) is 21.7. The third-order valence-electron chi connectivity index (χ3n) is 4.06. The summed E-state index contributed by atoms with van der Waals surface area (Å²) in [6.07, 6.45) is 1.20. The molecule has 0 bridgehead atoms. The molecule has 0 spiro atoms. The average molecular weight is 410 g/mol. The topological polar surface area (TPSA) is 58.6 Å². The number of halogens is 2. The number of Topliss-reactive ketones (excluding diaryl/α,β-unsaturated/α-hetero) is 1. The Kier molecular flexibility index (Phi) is 9.08. The van der Waals surface area contributed by atoms with Crippen molar-refractivity contribution in [2.45, 2.75) is 32.3 Å². The molecule has 2 rings (SSSR count). The summed E-state index contributed by atoms with van der Waals surface area (Å²) in [6.45, 7) is 3.50. The second-order valence-electron chi connectivity index (χ2n) is 6.32. The molecule has 4 nitrogen and oxygen atoms in total. The highest BCUT2D eigenvalue weighted by atomic mass is 35.5. The first-order valence-electron chi connectivity index (χ1n) is 9.09. The smallest absolute Gasteiger partial charge is 0.166 e. The normalized spacial score (nSPS) is 12.0. The molecular formula is C21H25Cl2NO3. The fraction of sp³-hybridized carbons (Fsp3) is 0.381. The number of ketones is 1. The number of carbonyl (C=O) groups is 1. The first-order chi connectivity index (χ1) is 13.0. The molecule has 0 aliphatic rings. The summed E-state index contributed by atoms with van der Waals surface area (Å²) in [7, 11) is 0. The predicted molar refractivity (Wildman–Crippen MR) is 110 cm³/mol. The fourth-order valence-corrected chi connectivity index (χ4v) is 3.12. The van der Waals surface area contributed by atoms with Crippen molar-refractivity contribution in [3.8, 4) is 5.75 Å². The van der Waals surface area contributed by atoms with Gasteiger partial charge in [-0.2, -0.15) is 0 Å². The number of hydrogen-bond acceptors (Lipinski definition) is 4. The highest BCUT2D eigenvalue weighted by molar-refractivity contribution is 6.35. The average Bonchev–Trinajstić information content (AvgIpc) is 2.66. The van der Waals surface area contributed by atoms with E-state index in [0.717, 1.165) is 18.5 Å². The van der Waals surface area contributed by atoms with Gasteiger partial charge in [-0.3, -0.25) is 4.79 Å². The SMILES string of the molecule is CCCNCC(O)COc1ccccc1C(=O)CCc1ccc(Cl)cc1Cl. The van der Waals surface area contributed by atoms with Crippen LogP contribution in [0.5, 0.6) is 5.75 Å². The molecule has 1 atom stereocenters. The number of benzene rings is 2. The molecule has 0 radical (unpaired) electrons. The van der Waals surface area contributed by atoms with Gasteiger partial charge < -0.3 is 15.2 Å². The van der Waals surface area contributed by atoms with Gasteiger partial charge in [0.05, 0.1) is 5.56 Å². The molecule has 6 heteroatoms. The monoisotopic (exact) mass is 409 g/mol. The van der Waals surface area contributed by atoms with Crippen molar-refractivity contribution in [1.82, 2.24) is 5.32 Å². The van der Waals surface area contributed by atoms with Crippen LogP contribution >= 0.6 is 23.2 Å². The van der Waals surface area contributed by atoms with Crippen LogP contribution < -0.4 is 10.1 Å². The maximum atomic E-state index is 12.6. The van der Waals surface area contributed by atoms with E-state index in [1.807, 2.05) is 12.1 Å². The van der Waals surface area contributed by atoms with E-state index in [1.54, 1.807) is 30.3 Å². The number of rotatable bonds is 11. The number of ether oxygens (including phenoxy) is 1. The zero-order chi connectivity index (χ0) is 19.6. The van der Waals surface area contributed by atoms with E-state index < -0.39 is 6.10 Å². The lowest BCUT2D eigenvalue weighted by Crippen LogP contribution is -2.32. The standard InChI is InChI=1S/C21H25Cl2NO3/c1-2-11-24-13-17(25)14-27-21-6-4-3-5-18(21)20(26)10-8-15-7-9-16(22)12-19(15)23/h3-7,9,12,17,24-25H,2,8,10-11,13-14H2,1H3. The first-order valence-corrected chi connectivity index (χ1v) is 9.84. The molecule has 0 amide bonds. The van der Waals surface area contributed by atoms with E-state index in [1.165, 1.54) is 0 Å². The number of hydrogen-bond donors (Lipinski definition) is 2. The molecule has 0 heterocycles. The number of aliphatic hydroxyl groups is 1. The van der Waals surface area contributed by atoms with Gasteiger partial charge in [-0.1, -0.05) is 48.3 Å². The summed E-state index contributed by atoms with van der Waals surface area (Å²) in [5, 5.41) is 14.2. The van der Waals surface area contributed by atoms with Crippen molar-refractivity contribution >= 4 is 29.0 Å². The molecule has 0 aliphatic heterocycles. The Hall–Kier alpha value is -1.59. The Morgan fingerprint density at radius 2 is 2.00 bits per heavy atom. The summed E-state index contributed by atoms with van der Waals surface area (Å²) in [5.74, 6) is 0.453. The molecule has 0 saturated carbocycles. The van der Waals surface area contributed by atoms with Crippen molar-refractivity contribution in [2.75, 3.05) is 19.7 Å². The molecule has 2 aromatic rings. The second kappa shape index (κ2) is 11.3. The minimum atomic E-state index is -0.632. The van der Waals surface area contributed by atoms with Crippen molar-refractivity contribution in [1.29, 1.82) is 0 Å². The van der Waals surface area contributed by atoms with Crippen molar-refractivity contribution < 1.29 is 14.6 Å². The molecule has 0 aliphatic carbocycles. The van der Waals surface area contributed by atoms with E-state index in [0.29, 0.717) is 40.7 Å². The number of para-hydroxylation sites is 1. The summed E-state index contributed by atoms with van der Waals surface area (Å²) in [6, 6.07) is 12.4. The summed E-state index contributed by atoms with van der Waals surface area (Å²) in [5.41, 5.74) is 1.39. The van der Waals surface area contributed by atoms with Gasteiger partial charge in [-0.05, 0) is 49.2 Å². The van der Waals surface area contributed by atoms with Gasteiger partial charge in [0, 0.05) is 23.0 Å². The van der Waals surface area contributed by atoms with Crippen LogP contribution in [0.4, 0.5) is 0 Å². The van der Waals surface area contributed by atoms with Crippen molar-refractivity contribution in [3.05, 3.63) is 63.6 Å². The lowest BCUT2D eigenvalue weighted by atomic mass is 10.0. The molecule has 0 aromatic heterocycles. The second-order valence-corrected chi connectivity index (χ2v) is 7.17. The van der Waals surface area contributed by atoms with E-state index >= 15 is 0 Å². The molecular weight excluding hydrogens is 385 g/mol. The highest BCUT2D eigenvalue weighted by Crippen LogP contribution is 2.24. The molecule has 146 valence electrons. The lowest BCUT2D eigenvalue weighted by molar-refractivity contribution is 0.0950. The van der Waals surface area contributed by atoms with E-state index in [-0.39, 0.29) is 12.4 Å². The lowest BCUT2D eigenvalue weighted by Gasteiger charge is -2.15. The van der Waals surface area contributed by atoms with Crippen LogP contribution in [0.15, 0.2) is 42.5 Å².